The SMILES string of the molecule is CCCCCCCCCCCCCCC(O)C[N+](CC)(CC)CCO.[Cl-]. The van der Waals surface area contributed by atoms with Gasteiger partial charge in [0.2, 0.25) is 0 Å². The highest BCUT2D eigenvalue weighted by atomic mass is 35.5. The van der Waals surface area contributed by atoms with Gasteiger partial charge in [0.1, 0.15) is 19.2 Å². The molecule has 0 radical (unpaired) electrons. The lowest BCUT2D eigenvalue weighted by molar-refractivity contribution is -0.928. The van der Waals surface area contributed by atoms with Crippen LogP contribution in [-0.4, -0.2) is 53.6 Å². The molecule has 3 nitrogen and oxygen atoms in total. The highest BCUT2D eigenvalue weighted by Gasteiger charge is 2.25. The van der Waals surface area contributed by atoms with Crippen LogP contribution in [0, 0.1) is 0 Å². The maximum absolute atomic E-state index is 10.3. The van der Waals surface area contributed by atoms with Crippen LogP contribution in [0.3, 0.4) is 0 Å². The van der Waals surface area contributed by atoms with Crippen molar-refractivity contribution in [2.75, 3.05) is 32.8 Å². The van der Waals surface area contributed by atoms with Crippen molar-refractivity contribution in [3.8, 4) is 0 Å². The second-order valence-corrected chi connectivity index (χ2v) is 7.94. The molecule has 0 aliphatic rings. The average molecular weight is 394 g/mol. The molecular weight excluding hydrogens is 346 g/mol. The van der Waals surface area contributed by atoms with Crippen molar-refractivity contribution >= 4 is 0 Å². The lowest BCUT2D eigenvalue weighted by atomic mass is 10.0. The van der Waals surface area contributed by atoms with Crippen molar-refractivity contribution in [2.24, 2.45) is 0 Å². The highest BCUT2D eigenvalue weighted by Crippen LogP contribution is 2.15. The molecule has 0 aromatic heterocycles. The van der Waals surface area contributed by atoms with Crippen LogP contribution in [0.2, 0.25) is 0 Å². The van der Waals surface area contributed by atoms with Gasteiger partial charge in [-0.05, 0) is 20.3 Å². The first-order valence-electron chi connectivity index (χ1n) is 11.3. The van der Waals surface area contributed by atoms with E-state index >= 15 is 0 Å². The molecule has 0 fully saturated rings. The Balaban J connectivity index is 0. The van der Waals surface area contributed by atoms with E-state index in [0.717, 1.165) is 43.5 Å². The molecule has 2 N–H and O–H groups in total. The minimum atomic E-state index is -0.213. The maximum Gasteiger partial charge on any atom is 0.105 e. The van der Waals surface area contributed by atoms with Crippen LogP contribution in [0.15, 0.2) is 0 Å². The van der Waals surface area contributed by atoms with Crippen LogP contribution in [0.4, 0.5) is 0 Å². The van der Waals surface area contributed by atoms with Crippen molar-refractivity contribution in [3.05, 3.63) is 0 Å². The number of aliphatic hydroxyl groups excluding tert-OH is 2. The number of aliphatic hydroxyl groups is 2. The van der Waals surface area contributed by atoms with Crippen molar-refractivity contribution in [3.63, 3.8) is 0 Å². The number of unbranched alkanes of at least 4 members (excludes halogenated alkanes) is 11. The fourth-order valence-corrected chi connectivity index (χ4v) is 3.86. The molecule has 0 saturated heterocycles. The molecule has 0 spiro atoms. The van der Waals surface area contributed by atoms with Gasteiger partial charge in [-0.2, -0.15) is 0 Å². The van der Waals surface area contributed by atoms with Gasteiger partial charge in [-0.1, -0.05) is 84.0 Å². The van der Waals surface area contributed by atoms with Crippen LogP contribution < -0.4 is 12.4 Å². The summed E-state index contributed by atoms with van der Waals surface area (Å²) < 4.78 is 0.843. The summed E-state index contributed by atoms with van der Waals surface area (Å²) in [4.78, 5) is 0. The monoisotopic (exact) mass is 393 g/mol. The summed E-state index contributed by atoms with van der Waals surface area (Å²) in [5.41, 5.74) is 0. The Kier molecular flexibility index (Phi) is 21.7. The predicted molar refractivity (Wildman–Crippen MR) is 110 cm³/mol. The minimum Gasteiger partial charge on any atom is -1.00 e. The Hall–Kier alpha value is 0.170. The van der Waals surface area contributed by atoms with Crippen molar-refractivity contribution < 1.29 is 27.1 Å². The van der Waals surface area contributed by atoms with E-state index in [1.165, 1.54) is 70.6 Å². The first-order valence-corrected chi connectivity index (χ1v) is 11.3. The van der Waals surface area contributed by atoms with E-state index in [0.29, 0.717) is 0 Å². The summed E-state index contributed by atoms with van der Waals surface area (Å²) in [6, 6.07) is 0. The van der Waals surface area contributed by atoms with Gasteiger partial charge in [-0.25, -0.2) is 0 Å². The molecule has 26 heavy (non-hydrogen) atoms. The number of nitrogens with zero attached hydrogens (tertiary/aromatic N) is 1. The zero-order valence-electron chi connectivity index (χ0n) is 18.0. The standard InChI is InChI=1S/C22H48NO2.ClH/c1-4-7-8-9-10-11-12-13-14-15-16-17-18-22(25)21-23(5-2,6-3)19-20-24;/h22,24-25H,4-21H2,1-3H3;1H/q+1;/p-1. The van der Waals surface area contributed by atoms with Crippen LogP contribution in [-0.2, 0) is 0 Å². The fourth-order valence-electron chi connectivity index (χ4n) is 3.86. The molecule has 0 heterocycles. The molecule has 0 aromatic rings. The Morgan fingerprint density at radius 3 is 1.50 bits per heavy atom. The topological polar surface area (TPSA) is 40.5 Å². The molecule has 0 aliphatic heterocycles. The third-order valence-electron chi connectivity index (χ3n) is 5.90. The summed E-state index contributed by atoms with van der Waals surface area (Å²) in [5.74, 6) is 0. The van der Waals surface area contributed by atoms with Crippen LogP contribution >= 0.6 is 0 Å². The Labute approximate surface area is 170 Å². The van der Waals surface area contributed by atoms with Gasteiger partial charge in [-0.3, -0.25) is 0 Å². The lowest BCUT2D eigenvalue weighted by Crippen LogP contribution is -3.00. The largest absolute Gasteiger partial charge is 1.00 e. The van der Waals surface area contributed by atoms with Gasteiger partial charge in [-0.15, -0.1) is 0 Å². The van der Waals surface area contributed by atoms with E-state index in [9.17, 15) is 10.2 Å². The summed E-state index contributed by atoms with van der Waals surface area (Å²) >= 11 is 0. The second kappa shape index (κ2) is 19.9. The van der Waals surface area contributed by atoms with E-state index in [4.69, 9.17) is 0 Å². The van der Waals surface area contributed by atoms with Gasteiger partial charge in [0.15, 0.2) is 0 Å². The quantitative estimate of drug-likeness (QED) is 0.261. The van der Waals surface area contributed by atoms with Gasteiger partial charge in [0.05, 0.1) is 19.7 Å². The first-order chi connectivity index (χ1) is 12.1. The zero-order valence-corrected chi connectivity index (χ0v) is 18.8. The van der Waals surface area contributed by atoms with E-state index in [2.05, 4.69) is 20.8 Å². The summed E-state index contributed by atoms with van der Waals surface area (Å²) in [6.07, 6.45) is 17.0. The van der Waals surface area contributed by atoms with Crippen molar-refractivity contribution in [2.45, 2.75) is 110 Å². The van der Waals surface area contributed by atoms with Gasteiger partial charge in [0, 0.05) is 0 Å². The van der Waals surface area contributed by atoms with E-state index in [-0.39, 0.29) is 25.1 Å². The molecule has 0 saturated carbocycles. The van der Waals surface area contributed by atoms with E-state index < -0.39 is 0 Å². The Bertz CT molecular complexity index is 273. The van der Waals surface area contributed by atoms with Gasteiger partial charge in [0.25, 0.3) is 0 Å². The first kappa shape index (κ1) is 28.4. The second-order valence-electron chi connectivity index (χ2n) is 7.94. The fraction of sp³-hybridized carbons (Fsp3) is 1.00. The molecule has 4 heteroatoms. The molecule has 0 amide bonds. The van der Waals surface area contributed by atoms with Crippen LogP contribution in [0.1, 0.15) is 104 Å². The zero-order chi connectivity index (χ0) is 18.8. The number of likely N-dealkylation sites (N-methyl/N-ethyl adjacent to an activating group) is 1. The molecule has 0 aromatic carbocycles. The van der Waals surface area contributed by atoms with Crippen molar-refractivity contribution in [1.29, 1.82) is 0 Å². The molecule has 160 valence electrons. The van der Waals surface area contributed by atoms with E-state index in [1.54, 1.807) is 0 Å². The number of halogens is 1. The number of hydrogen-bond acceptors (Lipinski definition) is 2. The Morgan fingerprint density at radius 1 is 0.692 bits per heavy atom. The lowest BCUT2D eigenvalue weighted by Gasteiger charge is -2.38. The third kappa shape index (κ3) is 15.2. The molecule has 0 aliphatic carbocycles. The Morgan fingerprint density at radius 2 is 1.12 bits per heavy atom. The summed E-state index contributed by atoms with van der Waals surface area (Å²) in [7, 11) is 0. The highest BCUT2D eigenvalue weighted by molar-refractivity contribution is 4.57. The normalized spacial score (nSPS) is 12.8. The predicted octanol–water partition coefficient (Wildman–Crippen LogP) is 2.29. The number of hydrogen-bond donors (Lipinski definition) is 2. The molecule has 1 unspecified atom stereocenters. The maximum atomic E-state index is 10.3. The van der Waals surface area contributed by atoms with Gasteiger partial charge >= 0.3 is 0 Å². The van der Waals surface area contributed by atoms with Gasteiger partial charge < -0.3 is 27.1 Å². The summed E-state index contributed by atoms with van der Waals surface area (Å²) in [6.45, 7) is 10.4. The van der Waals surface area contributed by atoms with Crippen molar-refractivity contribution in [1.82, 2.24) is 0 Å². The van der Waals surface area contributed by atoms with E-state index in [1.807, 2.05) is 0 Å². The molecular formula is C22H48ClNO2. The minimum absolute atomic E-state index is 0. The number of quaternary nitrogens is 1. The molecule has 0 bridgehead atoms. The molecule has 1 atom stereocenters. The summed E-state index contributed by atoms with van der Waals surface area (Å²) in [5, 5.41) is 19.6. The molecule has 0 rings (SSSR count). The smallest absolute Gasteiger partial charge is 0.105 e. The van der Waals surface area contributed by atoms with Crippen LogP contribution in [0.25, 0.3) is 0 Å². The number of rotatable bonds is 19. The third-order valence-corrected chi connectivity index (χ3v) is 5.90. The average Bonchev–Trinajstić information content (AvgIpc) is 2.62. The van der Waals surface area contributed by atoms with Crippen LogP contribution in [0.5, 0.6) is 0 Å².